The fourth-order valence-electron chi connectivity index (χ4n) is 2.65. The number of hydrogen-bond acceptors (Lipinski definition) is 4. The molecule has 0 saturated heterocycles. The molecule has 0 fully saturated rings. The zero-order chi connectivity index (χ0) is 19.6. The van der Waals surface area contributed by atoms with Crippen molar-refractivity contribution in [2.75, 3.05) is 27.3 Å². The number of carbonyl (C=O) groups is 2. The van der Waals surface area contributed by atoms with Gasteiger partial charge in [-0.15, -0.1) is 0 Å². The highest BCUT2D eigenvalue weighted by atomic mass is 16.5. The summed E-state index contributed by atoms with van der Waals surface area (Å²) in [4.78, 5) is 24.0. The first-order valence-corrected chi connectivity index (χ1v) is 8.86. The molecule has 0 spiro atoms. The Labute approximate surface area is 159 Å². The highest BCUT2D eigenvalue weighted by Crippen LogP contribution is 2.27. The van der Waals surface area contributed by atoms with Crippen molar-refractivity contribution >= 4 is 11.8 Å². The maximum absolute atomic E-state index is 12.0. The van der Waals surface area contributed by atoms with E-state index in [1.54, 1.807) is 20.3 Å². The second-order valence-corrected chi connectivity index (χ2v) is 6.16. The summed E-state index contributed by atoms with van der Waals surface area (Å²) in [6.45, 7) is 2.71. The van der Waals surface area contributed by atoms with E-state index in [1.807, 2.05) is 43.3 Å². The minimum Gasteiger partial charge on any atom is -0.493 e. The van der Waals surface area contributed by atoms with Crippen LogP contribution in [0.15, 0.2) is 42.5 Å². The van der Waals surface area contributed by atoms with Gasteiger partial charge < -0.3 is 20.1 Å². The molecule has 0 heterocycles. The van der Waals surface area contributed by atoms with Crippen LogP contribution in [0.2, 0.25) is 0 Å². The van der Waals surface area contributed by atoms with Crippen molar-refractivity contribution in [3.63, 3.8) is 0 Å². The number of aryl methyl sites for hydroxylation is 2. The first-order valence-electron chi connectivity index (χ1n) is 8.86. The summed E-state index contributed by atoms with van der Waals surface area (Å²) < 4.78 is 10.5. The van der Waals surface area contributed by atoms with Crippen molar-refractivity contribution in [1.82, 2.24) is 10.6 Å². The summed E-state index contributed by atoms with van der Waals surface area (Å²) in [5.41, 5.74) is 2.65. The lowest BCUT2D eigenvalue weighted by Gasteiger charge is -2.10. The molecule has 0 atom stereocenters. The zero-order valence-electron chi connectivity index (χ0n) is 16.0. The zero-order valence-corrected chi connectivity index (χ0v) is 16.0. The summed E-state index contributed by atoms with van der Waals surface area (Å²) in [6, 6.07) is 13.0. The Balaban J connectivity index is 1.70. The molecule has 0 saturated carbocycles. The second-order valence-electron chi connectivity index (χ2n) is 6.16. The third-order valence-electron chi connectivity index (χ3n) is 4.10. The van der Waals surface area contributed by atoms with Gasteiger partial charge in [0.2, 0.25) is 5.91 Å². The quantitative estimate of drug-likeness (QED) is 0.665. The molecule has 2 amide bonds. The van der Waals surface area contributed by atoms with Crippen LogP contribution in [0.5, 0.6) is 11.5 Å². The Morgan fingerprint density at radius 3 is 2.37 bits per heavy atom. The van der Waals surface area contributed by atoms with E-state index < -0.39 is 0 Å². The summed E-state index contributed by atoms with van der Waals surface area (Å²) in [6.07, 6.45) is 0.961. The topological polar surface area (TPSA) is 76.7 Å². The lowest BCUT2D eigenvalue weighted by molar-refractivity contribution is -0.121. The molecular formula is C21H26N2O4. The van der Waals surface area contributed by atoms with E-state index in [4.69, 9.17) is 9.47 Å². The summed E-state index contributed by atoms with van der Waals surface area (Å²) in [5, 5.41) is 5.61. The van der Waals surface area contributed by atoms with Crippen LogP contribution in [0.1, 0.15) is 27.9 Å². The standard InChI is InChI=1S/C21H26N2O4/c1-15-5-4-6-17(13-15)21(25)23-12-11-22-20(24)10-8-16-7-9-18(26-2)19(14-16)27-3/h4-7,9,13-14H,8,10-12H2,1-3H3,(H,22,24)(H,23,25). The summed E-state index contributed by atoms with van der Waals surface area (Å²) >= 11 is 0. The normalized spacial score (nSPS) is 10.2. The third kappa shape index (κ3) is 6.33. The van der Waals surface area contributed by atoms with E-state index in [2.05, 4.69) is 10.6 Å². The van der Waals surface area contributed by atoms with E-state index in [1.165, 1.54) is 0 Å². The first kappa shape index (κ1) is 20.3. The largest absolute Gasteiger partial charge is 0.493 e. The predicted molar refractivity (Wildman–Crippen MR) is 104 cm³/mol. The molecule has 0 aliphatic carbocycles. The third-order valence-corrected chi connectivity index (χ3v) is 4.10. The lowest BCUT2D eigenvalue weighted by Crippen LogP contribution is -2.34. The molecule has 0 bridgehead atoms. The average Bonchev–Trinajstić information content (AvgIpc) is 2.69. The number of benzene rings is 2. The number of rotatable bonds is 9. The molecular weight excluding hydrogens is 344 g/mol. The maximum atomic E-state index is 12.0. The van der Waals surface area contributed by atoms with E-state index in [0.717, 1.165) is 11.1 Å². The van der Waals surface area contributed by atoms with Crippen LogP contribution in [-0.4, -0.2) is 39.1 Å². The molecule has 6 nitrogen and oxygen atoms in total. The average molecular weight is 370 g/mol. The Kier molecular flexibility index (Phi) is 7.67. The van der Waals surface area contributed by atoms with E-state index in [9.17, 15) is 9.59 Å². The van der Waals surface area contributed by atoms with Crippen molar-refractivity contribution in [2.45, 2.75) is 19.8 Å². The van der Waals surface area contributed by atoms with Gasteiger partial charge in [-0.1, -0.05) is 23.8 Å². The number of amides is 2. The van der Waals surface area contributed by atoms with E-state index in [0.29, 0.717) is 43.0 Å². The number of carbonyl (C=O) groups excluding carboxylic acids is 2. The predicted octanol–water partition coefficient (Wildman–Crippen LogP) is 2.49. The monoisotopic (exact) mass is 370 g/mol. The van der Waals surface area contributed by atoms with Crippen LogP contribution >= 0.6 is 0 Å². The fraction of sp³-hybridized carbons (Fsp3) is 0.333. The number of ether oxygens (including phenoxy) is 2. The molecule has 0 unspecified atom stereocenters. The van der Waals surface area contributed by atoms with Crippen LogP contribution in [0.25, 0.3) is 0 Å². The van der Waals surface area contributed by atoms with Crippen molar-refractivity contribution in [2.24, 2.45) is 0 Å². The molecule has 0 aliphatic heterocycles. The van der Waals surface area contributed by atoms with Gasteiger partial charge >= 0.3 is 0 Å². The van der Waals surface area contributed by atoms with Gasteiger partial charge in [-0.05, 0) is 43.2 Å². The van der Waals surface area contributed by atoms with Crippen molar-refractivity contribution < 1.29 is 19.1 Å². The van der Waals surface area contributed by atoms with Crippen LogP contribution in [-0.2, 0) is 11.2 Å². The lowest BCUT2D eigenvalue weighted by atomic mass is 10.1. The molecule has 27 heavy (non-hydrogen) atoms. The van der Waals surface area contributed by atoms with Crippen LogP contribution in [0, 0.1) is 6.92 Å². The van der Waals surface area contributed by atoms with Gasteiger partial charge in [0, 0.05) is 25.1 Å². The molecule has 0 radical (unpaired) electrons. The summed E-state index contributed by atoms with van der Waals surface area (Å²) in [5.74, 6) is 1.11. The number of hydrogen-bond donors (Lipinski definition) is 2. The fourth-order valence-corrected chi connectivity index (χ4v) is 2.65. The Morgan fingerprint density at radius 2 is 1.67 bits per heavy atom. The van der Waals surface area contributed by atoms with Gasteiger partial charge in [-0.3, -0.25) is 9.59 Å². The maximum Gasteiger partial charge on any atom is 0.251 e. The van der Waals surface area contributed by atoms with Gasteiger partial charge in [-0.25, -0.2) is 0 Å². The molecule has 6 heteroatoms. The highest BCUT2D eigenvalue weighted by Gasteiger charge is 2.08. The molecule has 144 valence electrons. The van der Waals surface area contributed by atoms with Crippen LogP contribution < -0.4 is 20.1 Å². The molecule has 0 aromatic heterocycles. The molecule has 0 aliphatic rings. The van der Waals surface area contributed by atoms with Gasteiger partial charge in [0.15, 0.2) is 11.5 Å². The summed E-state index contributed by atoms with van der Waals surface area (Å²) in [7, 11) is 3.17. The van der Waals surface area contributed by atoms with E-state index in [-0.39, 0.29) is 11.8 Å². The van der Waals surface area contributed by atoms with Crippen LogP contribution in [0.3, 0.4) is 0 Å². The SMILES string of the molecule is COc1ccc(CCC(=O)NCCNC(=O)c2cccc(C)c2)cc1OC. The second kappa shape index (κ2) is 10.2. The van der Waals surface area contributed by atoms with Gasteiger partial charge in [0.1, 0.15) is 0 Å². The number of methoxy groups -OCH3 is 2. The molecule has 2 rings (SSSR count). The van der Waals surface area contributed by atoms with Crippen molar-refractivity contribution in [1.29, 1.82) is 0 Å². The molecule has 2 N–H and O–H groups in total. The Hall–Kier alpha value is -3.02. The molecule has 2 aromatic carbocycles. The van der Waals surface area contributed by atoms with Crippen molar-refractivity contribution in [3.8, 4) is 11.5 Å². The number of nitrogens with one attached hydrogen (secondary N) is 2. The van der Waals surface area contributed by atoms with Crippen LogP contribution in [0.4, 0.5) is 0 Å². The Morgan fingerprint density at radius 1 is 0.926 bits per heavy atom. The van der Waals surface area contributed by atoms with Gasteiger partial charge in [0.05, 0.1) is 14.2 Å². The van der Waals surface area contributed by atoms with Gasteiger partial charge in [0.25, 0.3) is 5.91 Å². The minimum atomic E-state index is -0.140. The first-order chi connectivity index (χ1) is 13.0. The highest BCUT2D eigenvalue weighted by molar-refractivity contribution is 5.94. The van der Waals surface area contributed by atoms with E-state index >= 15 is 0 Å². The Bertz CT molecular complexity index is 790. The van der Waals surface area contributed by atoms with Gasteiger partial charge in [-0.2, -0.15) is 0 Å². The smallest absolute Gasteiger partial charge is 0.251 e. The molecule has 2 aromatic rings. The minimum absolute atomic E-state index is 0.0606. The van der Waals surface area contributed by atoms with Crippen molar-refractivity contribution in [3.05, 3.63) is 59.2 Å².